The van der Waals surface area contributed by atoms with Crippen molar-refractivity contribution in [1.82, 2.24) is 4.98 Å². The summed E-state index contributed by atoms with van der Waals surface area (Å²) in [6.45, 7) is 1.96. The molecule has 2 unspecified atom stereocenters. The number of nitrogens with zero attached hydrogens (tertiary/aromatic N) is 1. The predicted octanol–water partition coefficient (Wildman–Crippen LogP) is 3.13. The number of nitrogens with two attached hydrogens (primary N) is 1. The fourth-order valence-corrected chi connectivity index (χ4v) is 2.43. The Morgan fingerprint density at radius 1 is 1.50 bits per heavy atom. The van der Waals surface area contributed by atoms with Crippen molar-refractivity contribution in [2.24, 2.45) is 5.73 Å². The van der Waals surface area contributed by atoms with Gasteiger partial charge in [-0.1, -0.05) is 17.7 Å². The molecule has 5 heteroatoms. The summed E-state index contributed by atoms with van der Waals surface area (Å²) in [6.07, 6.45) is 2.42. The molecule has 0 aliphatic rings. The molecule has 0 fully saturated rings. The zero-order valence-corrected chi connectivity index (χ0v) is 11.6. The Bertz CT molecular complexity index is 489. The van der Waals surface area contributed by atoms with E-state index < -0.39 is 0 Å². The zero-order valence-electron chi connectivity index (χ0n) is 10.0. The van der Waals surface area contributed by atoms with E-state index in [2.05, 4.69) is 4.98 Å². The largest absolute Gasteiger partial charge is 0.489 e. The van der Waals surface area contributed by atoms with Crippen LogP contribution in [0, 0.1) is 0 Å². The maximum absolute atomic E-state index is 6.10. The van der Waals surface area contributed by atoms with Crippen LogP contribution in [-0.2, 0) is 6.42 Å². The van der Waals surface area contributed by atoms with Crippen molar-refractivity contribution in [1.29, 1.82) is 0 Å². The van der Waals surface area contributed by atoms with Crippen LogP contribution in [-0.4, -0.2) is 17.1 Å². The molecule has 2 rings (SSSR count). The normalized spacial score (nSPS) is 14.2. The molecule has 0 bridgehead atoms. The van der Waals surface area contributed by atoms with Gasteiger partial charge in [-0.2, -0.15) is 0 Å². The Hall–Kier alpha value is -1.10. The van der Waals surface area contributed by atoms with Crippen LogP contribution in [0.5, 0.6) is 5.75 Å². The highest BCUT2D eigenvalue weighted by atomic mass is 35.5. The number of benzene rings is 1. The van der Waals surface area contributed by atoms with Crippen molar-refractivity contribution in [2.75, 3.05) is 0 Å². The lowest BCUT2D eigenvalue weighted by Gasteiger charge is -2.20. The molecule has 0 saturated carbocycles. The van der Waals surface area contributed by atoms with Crippen molar-refractivity contribution in [3.63, 3.8) is 0 Å². The van der Waals surface area contributed by atoms with Crippen LogP contribution in [0.3, 0.4) is 0 Å². The van der Waals surface area contributed by atoms with Crippen LogP contribution in [0.4, 0.5) is 0 Å². The van der Waals surface area contributed by atoms with E-state index in [0.29, 0.717) is 5.02 Å². The van der Waals surface area contributed by atoms with Crippen LogP contribution in [0.2, 0.25) is 5.02 Å². The molecule has 1 aromatic carbocycles. The monoisotopic (exact) mass is 282 g/mol. The standard InChI is InChI=1S/C13H15ClN2OS/c1-9(12(15)8-13-16-5-6-18-13)17-11-4-2-3-10(14)7-11/h2-7,9,12H,8,15H2,1H3. The average molecular weight is 283 g/mol. The highest BCUT2D eigenvalue weighted by Crippen LogP contribution is 2.19. The predicted molar refractivity (Wildman–Crippen MR) is 75.3 cm³/mol. The van der Waals surface area contributed by atoms with E-state index in [1.54, 1.807) is 23.6 Å². The molecular formula is C13H15ClN2OS. The highest BCUT2D eigenvalue weighted by molar-refractivity contribution is 7.09. The van der Waals surface area contributed by atoms with Crippen molar-refractivity contribution < 1.29 is 4.74 Å². The molecule has 18 heavy (non-hydrogen) atoms. The Balaban J connectivity index is 1.93. The van der Waals surface area contributed by atoms with Gasteiger partial charge in [0, 0.05) is 29.1 Å². The van der Waals surface area contributed by atoms with E-state index >= 15 is 0 Å². The van der Waals surface area contributed by atoms with E-state index in [9.17, 15) is 0 Å². The van der Waals surface area contributed by atoms with E-state index in [-0.39, 0.29) is 12.1 Å². The molecule has 0 radical (unpaired) electrons. The highest BCUT2D eigenvalue weighted by Gasteiger charge is 2.16. The Morgan fingerprint density at radius 2 is 2.33 bits per heavy atom. The number of hydrogen-bond acceptors (Lipinski definition) is 4. The lowest BCUT2D eigenvalue weighted by molar-refractivity contribution is 0.189. The van der Waals surface area contributed by atoms with Crippen molar-refractivity contribution in [3.8, 4) is 5.75 Å². The number of ether oxygens (including phenoxy) is 1. The first-order chi connectivity index (χ1) is 8.65. The molecule has 0 saturated heterocycles. The lowest BCUT2D eigenvalue weighted by atomic mass is 10.1. The van der Waals surface area contributed by atoms with Gasteiger partial charge in [0.05, 0.1) is 5.01 Å². The minimum Gasteiger partial charge on any atom is -0.489 e. The first kappa shape index (κ1) is 13.3. The number of rotatable bonds is 5. The molecule has 2 aromatic rings. The van der Waals surface area contributed by atoms with Crippen molar-refractivity contribution in [2.45, 2.75) is 25.5 Å². The zero-order chi connectivity index (χ0) is 13.0. The second kappa shape index (κ2) is 6.18. The van der Waals surface area contributed by atoms with E-state index in [1.807, 2.05) is 30.5 Å². The molecule has 3 nitrogen and oxygen atoms in total. The maximum Gasteiger partial charge on any atom is 0.121 e. The molecule has 0 amide bonds. The second-order valence-electron chi connectivity index (χ2n) is 4.07. The fourth-order valence-electron chi connectivity index (χ4n) is 1.56. The third-order valence-corrected chi connectivity index (χ3v) is 3.65. The molecular weight excluding hydrogens is 268 g/mol. The fraction of sp³-hybridized carbons (Fsp3) is 0.308. The maximum atomic E-state index is 6.10. The van der Waals surface area contributed by atoms with E-state index in [0.717, 1.165) is 17.2 Å². The topological polar surface area (TPSA) is 48.1 Å². The summed E-state index contributed by atoms with van der Waals surface area (Å²) in [7, 11) is 0. The summed E-state index contributed by atoms with van der Waals surface area (Å²) in [4.78, 5) is 4.22. The van der Waals surface area contributed by atoms with E-state index in [4.69, 9.17) is 22.1 Å². The van der Waals surface area contributed by atoms with Gasteiger partial charge in [0.2, 0.25) is 0 Å². The van der Waals surface area contributed by atoms with Gasteiger partial charge in [-0.05, 0) is 25.1 Å². The number of aromatic nitrogens is 1. The molecule has 2 atom stereocenters. The number of hydrogen-bond donors (Lipinski definition) is 1. The Kier molecular flexibility index (Phi) is 4.58. The second-order valence-corrected chi connectivity index (χ2v) is 5.49. The van der Waals surface area contributed by atoms with Gasteiger partial charge in [-0.15, -0.1) is 11.3 Å². The van der Waals surface area contributed by atoms with Gasteiger partial charge in [0.25, 0.3) is 0 Å². The first-order valence-electron chi connectivity index (χ1n) is 5.71. The van der Waals surface area contributed by atoms with Gasteiger partial charge in [0.15, 0.2) is 0 Å². The SMILES string of the molecule is CC(Oc1cccc(Cl)c1)C(N)Cc1nccs1. The lowest BCUT2D eigenvalue weighted by Crippen LogP contribution is -2.38. The third kappa shape index (κ3) is 3.70. The van der Waals surface area contributed by atoms with Gasteiger partial charge >= 0.3 is 0 Å². The van der Waals surface area contributed by atoms with Crippen LogP contribution >= 0.6 is 22.9 Å². The number of halogens is 1. The Labute approximate surface area is 116 Å². The summed E-state index contributed by atoms with van der Waals surface area (Å²) in [5.74, 6) is 0.740. The van der Waals surface area contributed by atoms with Crippen molar-refractivity contribution in [3.05, 3.63) is 45.9 Å². The third-order valence-electron chi connectivity index (χ3n) is 2.61. The van der Waals surface area contributed by atoms with Gasteiger partial charge in [-0.25, -0.2) is 4.98 Å². The van der Waals surface area contributed by atoms with Gasteiger partial charge in [-0.3, -0.25) is 0 Å². The Morgan fingerprint density at radius 3 is 3.00 bits per heavy atom. The molecule has 0 spiro atoms. The summed E-state index contributed by atoms with van der Waals surface area (Å²) >= 11 is 7.51. The first-order valence-corrected chi connectivity index (χ1v) is 6.97. The molecule has 0 aliphatic carbocycles. The smallest absolute Gasteiger partial charge is 0.121 e. The quantitative estimate of drug-likeness (QED) is 0.916. The minimum absolute atomic E-state index is 0.0878. The summed E-state index contributed by atoms with van der Waals surface area (Å²) in [5.41, 5.74) is 6.10. The molecule has 2 N–H and O–H groups in total. The molecule has 0 aliphatic heterocycles. The van der Waals surface area contributed by atoms with Crippen LogP contribution in [0.25, 0.3) is 0 Å². The summed E-state index contributed by atoms with van der Waals surface area (Å²) in [6, 6.07) is 7.24. The molecule has 1 aromatic heterocycles. The van der Waals surface area contributed by atoms with Gasteiger partial charge < -0.3 is 10.5 Å². The van der Waals surface area contributed by atoms with Gasteiger partial charge in [0.1, 0.15) is 11.9 Å². The van der Waals surface area contributed by atoms with Crippen LogP contribution in [0.1, 0.15) is 11.9 Å². The van der Waals surface area contributed by atoms with Crippen LogP contribution < -0.4 is 10.5 Å². The summed E-state index contributed by atoms with van der Waals surface area (Å²) < 4.78 is 5.77. The molecule has 1 heterocycles. The minimum atomic E-state index is -0.0904. The number of thiazole rings is 1. The average Bonchev–Trinajstić information content (AvgIpc) is 2.81. The summed E-state index contributed by atoms with van der Waals surface area (Å²) in [5, 5.41) is 3.64. The van der Waals surface area contributed by atoms with Crippen molar-refractivity contribution >= 4 is 22.9 Å². The van der Waals surface area contributed by atoms with Crippen LogP contribution in [0.15, 0.2) is 35.8 Å². The molecule has 96 valence electrons. The van der Waals surface area contributed by atoms with E-state index in [1.165, 1.54) is 0 Å².